The highest BCUT2D eigenvalue weighted by atomic mass is 32.2. The van der Waals surface area contributed by atoms with Gasteiger partial charge in [0, 0.05) is 12.5 Å². The van der Waals surface area contributed by atoms with Crippen molar-refractivity contribution >= 4 is 21.8 Å². The van der Waals surface area contributed by atoms with E-state index in [0.29, 0.717) is 0 Å². The van der Waals surface area contributed by atoms with Gasteiger partial charge in [0.2, 0.25) is 0 Å². The van der Waals surface area contributed by atoms with Gasteiger partial charge in [0.15, 0.2) is 0 Å². The summed E-state index contributed by atoms with van der Waals surface area (Å²) in [6, 6.07) is 2.77. The Labute approximate surface area is 123 Å². The predicted octanol–water partition coefficient (Wildman–Crippen LogP) is 2.26. The number of carbonyl (C=O) groups is 2. The molecule has 0 radical (unpaired) electrons. The zero-order valence-corrected chi connectivity index (χ0v) is 13.4. The van der Waals surface area contributed by atoms with E-state index in [1.54, 1.807) is 20.8 Å². The fraction of sp³-hybridized carbons (Fsp3) is 0.462. The Bertz CT molecular complexity index is 652. The molecule has 0 N–H and O–H groups in total. The highest BCUT2D eigenvalue weighted by molar-refractivity contribution is 7.93. The average molecular weight is 314 g/mol. The van der Waals surface area contributed by atoms with Crippen LogP contribution < -0.4 is 0 Å². The highest BCUT2D eigenvalue weighted by Crippen LogP contribution is 2.13. The first-order chi connectivity index (χ1) is 9.55. The lowest BCUT2D eigenvalue weighted by Gasteiger charge is -2.17. The van der Waals surface area contributed by atoms with E-state index < -0.39 is 27.4 Å². The average Bonchev–Trinajstić information content (AvgIpc) is 2.35. The number of hydrogen-bond acceptors (Lipinski definition) is 6. The molecule has 0 aliphatic heterocycles. The maximum atomic E-state index is 12.4. The highest BCUT2D eigenvalue weighted by Gasteiger charge is 2.19. The van der Waals surface area contributed by atoms with E-state index in [1.165, 1.54) is 31.7 Å². The minimum atomic E-state index is -3.04. The number of ether oxygens (including phenoxy) is 2. The monoisotopic (exact) mass is 314 g/mol. The molecule has 0 saturated heterocycles. The third-order valence-corrected chi connectivity index (χ3v) is 3.70. The molecule has 1 aromatic heterocycles. The van der Waals surface area contributed by atoms with Gasteiger partial charge < -0.3 is 9.47 Å². The van der Waals surface area contributed by atoms with Crippen molar-refractivity contribution in [1.29, 1.82) is 0 Å². The molecule has 0 spiro atoms. The second-order valence-electron chi connectivity index (χ2n) is 5.25. The number of esters is 1. The Balaban J connectivity index is 3.05. The topological polar surface area (TPSA) is 94.9 Å². The Hall–Kier alpha value is -1.96. The first-order valence-corrected chi connectivity index (χ1v) is 7.97. The van der Waals surface area contributed by atoms with E-state index in [1.807, 2.05) is 0 Å². The molecule has 116 valence electrons. The number of rotatable bonds is 2. The van der Waals surface area contributed by atoms with E-state index in [0.717, 1.165) is 0 Å². The Morgan fingerprint density at radius 1 is 1.29 bits per heavy atom. The summed E-state index contributed by atoms with van der Waals surface area (Å²) < 4.78 is 25.5. The van der Waals surface area contributed by atoms with Gasteiger partial charge in [0.25, 0.3) is 0 Å². The van der Waals surface area contributed by atoms with Gasteiger partial charge in [-0.15, -0.1) is 4.36 Å². The molecule has 0 bridgehead atoms. The molecule has 21 heavy (non-hydrogen) atoms. The fourth-order valence-electron chi connectivity index (χ4n) is 1.31. The van der Waals surface area contributed by atoms with Crippen LogP contribution >= 0.6 is 0 Å². The summed E-state index contributed by atoms with van der Waals surface area (Å²) in [5.41, 5.74) is -0.508. The molecular weight excluding hydrogens is 296 g/mol. The smallest absolute Gasteiger partial charge is 0.442 e. The molecule has 1 rings (SSSR count). The van der Waals surface area contributed by atoms with Gasteiger partial charge in [-0.1, -0.05) is 0 Å². The molecule has 1 atom stereocenters. The molecule has 0 saturated carbocycles. The van der Waals surface area contributed by atoms with Crippen LogP contribution in [0.4, 0.5) is 4.79 Å². The molecule has 1 unspecified atom stereocenters. The van der Waals surface area contributed by atoms with Crippen molar-refractivity contribution in [3.05, 3.63) is 23.9 Å². The zero-order valence-electron chi connectivity index (χ0n) is 12.6. The summed E-state index contributed by atoms with van der Waals surface area (Å²) in [7, 11) is -1.80. The second kappa shape index (κ2) is 6.21. The number of hydrogen-bond donors (Lipinski definition) is 0. The number of carbonyl (C=O) groups excluding carboxylic acids is 2. The third kappa shape index (κ3) is 5.14. The summed E-state index contributed by atoms with van der Waals surface area (Å²) >= 11 is 0. The summed E-state index contributed by atoms with van der Waals surface area (Å²) in [6.45, 7) is 5.05. The normalized spacial score (nSPS) is 14.0. The number of pyridine rings is 1. The molecule has 8 heteroatoms. The van der Waals surface area contributed by atoms with Crippen molar-refractivity contribution in [2.75, 3.05) is 13.4 Å². The van der Waals surface area contributed by atoms with E-state index in [9.17, 15) is 13.8 Å². The van der Waals surface area contributed by atoms with E-state index in [-0.39, 0.29) is 10.6 Å². The maximum absolute atomic E-state index is 12.4. The largest absolute Gasteiger partial charge is 0.465 e. The molecule has 0 aromatic carbocycles. The van der Waals surface area contributed by atoms with Crippen LogP contribution in [0.15, 0.2) is 27.7 Å². The van der Waals surface area contributed by atoms with Gasteiger partial charge >= 0.3 is 12.1 Å². The van der Waals surface area contributed by atoms with Crippen LogP contribution in [-0.4, -0.2) is 40.2 Å². The number of amides is 1. The Morgan fingerprint density at radius 3 is 2.33 bits per heavy atom. The van der Waals surface area contributed by atoms with Crippen molar-refractivity contribution in [1.82, 2.24) is 4.98 Å². The first-order valence-electron chi connectivity index (χ1n) is 6.05. The van der Waals surface area contributed by atoms with Crippen LogP contribution in [-0.2, 0) is 19.2 Å². The molecule has 1 amide bonds. The molecule has 1 aromatic rings. The van der Waals surface area contributed by atoms with Gasteiger partial charge in [0.05, 0.1) is 12.7 Å². The van der Waals surface area contributed by atoms with Crippen molar-refractivity contribution < 1.29 is 23.3 Å². The second-order valence-corrected chi connectivity index (χ2v) is 7.46. The summed E-state index contributed by atoms with van der Waals surface area (Å²) in [5, 5.41) is 0.0843. The maximum Gasteiger partial charge on any atom is 0.442 e. The van der Waals surface area contributed by atoms with Crippen LogP contribution in [0.25, 0.3) is 0 Å². The van der Waals surface area contributed by atoms with Gasteiger partial charge in [-0.3, -0.25) is 0 Å². The molecular formula is C13H18N2O5S. The lowest BCUT2D eigenvalue weighted by atomic mass is 10.2. The van der Waals surface area contributed by atoms with Crippen molar-refractivity contribution in [3.8, 4) is 0 Å². The lowest BCUT2D eigenvalue weighted by molar-refractivity contribution is 0.0592. The summed E-state index contributed by atoms with van der Waals surface area (Å²) in [5.74, 6) is -0.555. The van der Waals surface area contributed by atoms with Crippen LogP contribution in [0.1, 0.15) is 31.1 Å². The Morgan fingerprint density at radius 2 is 1.90 bits per heavy atom. The summed E-state index contributed by atoms with van der Waals surface area (Å²) in [6.07, 6.45) is 1.57. The fourth-order valence-corrected chi connectivity index (χ4v) is 2.30. The molecule has 0 aliphatic carbocycles. The van der Waals surface area contributed by atoms with E-state index in [2.05, 4.69) is 14.1 Å². The molecule has 0 aliphatic rings. The quantitative estimate of drug-likeness (QED) is 0.777. The van der Waals surface area contributed by atoms with Crippen molar-refractivity contribution in [2.45, 2.75) is 31.4 Å². The first kappa shape index (κ1) is 17.1. The van der Waals surface area contributed by atoms with E-state index in [4.69, 9.17) is 4.74 Å². The van der Waals surface area contributed by atoms with Crippen LogP contribution in [0.2, 0.25) is 0 Å². The SMILES string of the molecule is COC(=O)c1ccc(S(C)(=O)=NC(=O)OC(C)(C)C)nc1. The predicted molar refractivity (Wildman–Crippen MR) is 76.6 cm³/mol. The minimum Gasteiger partial charge on any atom is -0.465 e. The van der Waals surface area contributed by atoms with Gasteiger partial charge in [-0.05, 0) is 32.9 Å². The standard InChI is InChI=1S/C13H18N2O5S/c1-13(2,3)20-12(17)15-21(5,18)10-7-6-9(8-14-10)11(16)19-4/h6-8H,1-5H3. The zero-order chi connectivity index (χ0) is 16.3. The molecule has 7 nitrogen and oxygen atoms in total. The van der Waals surface area contributed by atoms with Crippen LogP contribution in [0.5, 0.6) is 0 Å². The molecule has 0 fully saturated rings. The lowest BCUT2D eigenvalue weighted by Crippen LogP contribution is -2.22. The summed E-state index contributed by atoms with van der Waals surface area (Å²) in [4.78, 5) is 26.8. The molecule has 1 heterocycles. The van der Waals surface area contributed by atoms with Crippen molar-refractivity contribution in [2.24, 2.45) is 4.36 Å². The number of methoxy groups -OCH3 is 1. The van der Waals surface area contributed by atoms with Crippen LogP contribution in [0.3, 0.4) is 0 Å². The van der Waals surface area contributed by atoms with Crippen LogP contribution in [0, 0.1) is 0 Å². The van der Waals surface area contributed by atoms with E-state index >= 15 is 0 Å². The Kier molecular flexibility index (Phi) is 5.06. The number of nitrogens with zero attached hydrogens (tertiary/aromatic N) is 2. The number of aromatic nitrogens is 1. The van der Waals surface area contributed by atoms with Gasteiger partial charge in [0.1, 0.15) is 20.4 Å². The van der Waals surface area contributed by atoms with Gasteiger partial charge in [-0.2, -0.15) is 0 Å². The third-order valence-electron chi connectivity index (χ3n) is 2.19. The van der Waals surface area contributed by atoms with Gasteiger partial charge in [-0.25, -0.2) is 18.8 Å². The minimum absolute atomic E-state index is 0.0843. The van der Waals surface area contributed by atoms with Crippen molar-refractivity contribution in [3.63, 3.8) is 0 Å².